The monoisotopic (exact) mass is 1140 g/mol. The van der Waals surface area contributed by atoms with E-state index < -0.39 is 0 Å². The minimum Gasteiger partial charge on any atom is -0.456 e. The van der Waals surface area contributed by atoms with Crippen LogP contribution in [-0.4, -0.2) is 9.13 Å². The van der Waals surface area contributed by atoms with Gasteiger partial charge >= 0.3 is 0 Å². The molecule has 2 aliphatic rings. The number of nitrogens with zero attached hydrogens (tertiary/aromatic N) is 2. The van der Waals surface area contributed by atoms with Crippen LogP contribution in [0.5, 0.6) is 0 Å². The zero-order valence-corrected chi connectivity index (χ0v) is 48.8. The summed E-state index contributed by atoms with van der Waals surface area (Å²) in [6.45, 7) is 0. The van der Waals surface area contributed by atoms with E-state index >= 15 is 0 Å². The van der Waals surface area contributed by atoms with Gasteiger partial charge in [-0.2, -0.15) is 0 Å². The number of fused-ring (bicyclic) bond motifs is 28. The van der Waals surface area contributed by atoms with E-state index in [1.807, 2.05) is 0 Å². The Morgan fingerprint density at radius 2 is 0.722 bits per heavy atom. The topological polar surface area (TPSA) is 36.1 Å². The van der Waals surface area contributed by atoms with Gasteiger partial charge in [0.05, 0.1) is 22.1 Å². The second-order valence-corrected chi connectivity index (χ2v) is 24.5. The molecule has 4 aromatic heterocycles. The van der Waals surface area contributed by atoms with Gasteiger partial charge in [0.2, 0.25) is 0 Å². The van der Waals surface area contributed by atoms with Crippen molar-refractivity contribution < 1.29 is 8.83 Å². The molecule has 4 heterocycles. The highest BCUT2D eigenvalue weighted by Crippen LogP contribution is 2.52. The molecule has 15 aromatic carbocycles. The Morgan fingerprint density at radius 3 is 1.43 bits per heavy atom. The van der Waals surface area contributed by atoms with Crippen LogP contribution in [0.2, 0.25) is 0 Å². The Morgan fingerprint density at radius 1 is 0.256 bits per heavy atom. The molecule has 0 radical (unpaired) electrons. The van der Waals surface area contributed by atoms with E-state index in [0.29, 0.717) is 0 Å². The first-order chi connectivity index (χ1) is 44.6. The SMILES string of the molecule is c1ccc(-n2c3cc(-c4ccc5oc6c7c(c8ccccc8c6c5c4)-c4ccccc4C7)ccc3c3c4ccccc4ccc32)cc1.c1ccc(-n2c3ccccc3c3cc(-c4ccc5c6c(c7oc8ccccc8c7c5c4)Cc4ccccc4-6)ccc32)cc1. The highest BCUT2D eigenvalue weighted by molar-refractivity contribution is 6.27. The molecule has 0 saturated heterocycles. The molecule has 4 nitrogen and oxygen atoms in total. The van der Waals surface area contributed by atoms with Gasteiger partial charge in [-0.3, -0.25) is 0 Å². The predicted octanol–water partition coefficient (Wildman–Crippen LogP) is 23.3. The lowest BCUT2D eigenvalue weighted by Crippen LogP contribution is -1.93. The normalized spacial score (nSPS) is 12.6. The Bertz CT molecular complexity index is 6270. The summed E-state index contributed by atoms with van der Waals surface area (Å²) in [6, 6.07) is 106. The minimum absolute atomic E-state index is 0.898. The highest BCUT2D eigenvalue weighted by Gasteiger charge is 2.30. The van der Waals surface area contributed by atoms with E-state index in [4.69, 9.17) is 8.83 Å². The van der Waals surface area contributed by atoms with Gasteiger partial charge in [-0.15, -0.1) is 0 Å². The lowest BCUT2D eigenvalue weighted by atomic mass is 9.91. The van der Waals surface area contributed by atoms with Crippen LogP contribution in [0.25, 0.3) is 176 Å². The fourth-order valence-electron chi connectivity index (χ4n) is 15.9. The summed E-state index contributed by atoms with van der Waals surface area (Å²) in [4.78, 5) is 0. The molecule has 90 heavy (non-hydrogen) atoms. The first-order valence-corrected chi connectivity index (χ1v) is 31.2. The first kappa shape index (κ1) is 49.4. The lowest BCUT2D eigenvalue weighted by Gasteiger charge is -2.12. The highest BCUT2D eigenvalue weighted by atomic mass is 16.3. The molecule has 0 atom stereocenters. The number of rotatable bonds is 4. The summed E-state index contributed by atoms with van der Waals surface area (Å²) in [7, 11) is 0. The van der Waals surface area contributed by atoms with E-state index in [0.717, 1.165) is 40.9 Å². The van der Waals surface area contributed by atoms with Crippen molar-refractivity contribution in [2.45, 2.75) is 12.8 Å². The van der Waals surface area contributed by atoms with Crippen LogP contribution in [0, 0.1) is 0 Å². The molecule has 0 spiro atoms. The number of hydrogen-bond acceptors (Lipinski definition) is 2. The molecule has 0 bridgehead atoms. The Hall–Kier alpha value is -11.7. The average Bonchev–Trinajstić information content (AvgIpc) is 1.61. The Balaban J connectivity index is 0.000000126. The number of hydrogen-bond donors (Lipinski definition) is 0. The van der Waals surface area contributed by atoms with Crippen molar-refractivity contribution in [3.63, 3.8) is 0 Å². The molecule has 0 N–H and O–H groups in total. The van der Waals surface area contributed by atoms with Gasteiger partial charge in [0.15, 0.2) is 0 Å². The molecule has 0 amide bonds. The summed E-state index contributed by atoms with van der Waals surface area (Å²) in [5, 5.41) is 17.5. The quantitative estimate of drug-likeness (QED) is 0.176. The zero-order valence-electron chi connectivity index (χ0n) is 48.8. The molecule has 21 rings (SSSR count). The van der Waals surface area contributed by atoms with Crippen LogP contribution in [0.3, 0.4) is 0 Å². The van der Waals surface area contributed by atoms with Gasteiger partial charge in [0.25, 0.3) is 0 Å². The van der Waals surface area contributed by atoms with E-state index in [2.05, 4.69) is 300 Å². The van der Waals surface area contributed by atoms with Gasteiger partial charge in [0, 0.05) is 78.4 Å². The molecule has 0 fully saturated rings. The van der Waals surface area contributed by atoms with Crippen LogP contribution in [0.15, 0.2) is 300 Å². The fraction of sp³-hybridized carbons (Fsp3) is 0.0233. The summed E-state index contributed by atoms with van der Waals surface area (Å²) in [5.74, 6) is 0. The second kappa shape index (κ2) is 18.9. The van der Waals surface area contributed by atoms with E-state index in [-0.39, 0.29) is 0 Å². The molecule has 4 heteroatoms. The second-order valence-electron chi connectivity index (χ2n) is 24.5. The van der Waals surface area contributed by atoms with Gasteiger partial charge in [-0.1, -0.05) is 212 Å². The van der Waals surface area contributed by atoms with Crippen LogP contribution in [-0.2, 0) is 12.8 Å². The van der Waals surface area contributed by atoms with Gasteiger partial charge in [0.1, 0.15) is 22.3 Å². The fourth-order valence-corrected chi connectivity index (χ4v) is 15.9. The van der Waals surface area contributed by atoms with Gasteiger partial charge in [-0.05, 0) is 167 Å². The minimum atomic E-state index is 0.898. The summed E-state index contributed by atoms with van der Waals surface area (Å²) in [6.07, 6.45) is 1.80. The largest absolute Gasteiger partial charge is 0.456 e. The molecular weight excluding hydrogens is 1090 g/mol. The molecule has 0 unspecified atom stereocenters. The molecular formula is C86H52N2O2. The summed E-state index contributed by atoms with van der Waals surface area (Å²) < 4.78 is 18.2. The number of aromatic nitrogens is 2. The Labute approximate surface area is 516 Å². The first-order valence-electron chi connectivity index (χ1n) is 31.2. The lowest BCUT2D eigenvalue weighted by molar-refractivity contribution is 0.665. The third kappa shape index (κ3) is 7.07. The average molecular weight is 1150 g/mol. The van der Waals surface area contributed by atoms with Crippen molar-refractivity contribution in [2.24, 2.45) is 0 Å². The van der Waals surface area contributed by atoms with Gasteiger partial charge in [-0.25, -0.2) is 0 Å². The standard InChI is InChI=1S/C45H27NO.C41H25NO/c1-2-12-31(13-3-1)46-39-22-19-27-10-4-6-14-32(27)43(39)36-21-18-29(26-40(36)46)28-20-23-41-37(24-28)44-35-17-9-8-16-34(35)42-33-15-7-5-11-30(33)25-38(42)45(44)47-41;1-2-11-28(12-3-1)42-36-16-8-6-14-30(36)33-22-26(19-21-37(33)42)25-18-20-31-34(23-25)40-32-15-7-9-17-38(32)43-41(40)35-24-27-10-4-5-13-29(27)39(31)35/h1-24,26H,25H2;1-23H,24H2. The van der Waals surface area contributed by atoms with Crippen molar-refractivity contribution in [3.05, 3.63) is 313 Å². The molecule has 2 aliphatic carbocycles. The Kier molecular flexibility index (Phi) is 10.4. The third-order valence-corrected chi connectivity index (χ3v) is 19.8. The van der Waals surface area contributed by atoms with Crippen molar-refractivity contribution in [1.82, 2.24) is 9.13 Å². The number of para-hydroxylation sites is 4. The van der Waals surface area contributed by atoms with E-state index in [9.17, 15) is 0 Å². The van der Waals surface area contributed by atoms with Crippen LogP contribution >= 0.6 is 0 Å². The van der Waals surface area contributed by atoms with Crippen molar-refractivity contribution in [3.8, 4) is 55.9 Å². The van der Waals surface area contributed by atoms with Crippen LogP contribution in [0.4, 0.5) is 0 Å². The number of furan rings is 2. The molecule has 0 aliphatic heterocycles. The van der Waals surface area contributed by atoms with Crippen molar-refractivity contribution in [2.75, 3.05) is 0 Å². The molecule has 19 aromatic rings. The maximum atomic E-state index is 6.75. The van der Waals surface area contributed by atoms with E-state index in [1.54, 1.807) is 0 Å². The summed E-state index contributed by atoms with van der Waals surface area (Å²) in [5.41, 5.74) is 26.6. The van der Waals surface area contributed by atoms with Gasteiger partial charge < -0.3 is 18.0 Å². The van der Waals surface area contributed by atoms with Crippen molar-refractivity contribution in [1.29, 1.82) is 0 Å². The van der Waals surface area contributed by atoms with Crippen LogP contribution in [0.1, 0.15) is 22.3 Å². The summed E-state index contributed by atoms with van der Waals surface area (Å²) >= 11 is 0. The molecule has 418 valence electrons. The maximum absolute atomic E-state index is 6.75. The maximum Gasteiger partial charge on any atom is 0.140 e. The zero-order chi connectivity index (χ0) is 58.7. The number of benzene rings is 15. The molecule has 0 saturated carbocycles. The van der Waals surface area contributed by atoms with E-state index in [1.165, 1.54) is 170 Å². The smallest absolute Gasteiger partial charge is 0.140 e. The third-order valence-electron chi connectivity index (χ3n) is 19.8. The van der Waals surface area contributed by atoms with Crippen molar-refractivity contribution >= 4 is 120 Å². The van der Waals surface area contributed by atoms with Crippen LogP contribution < -0.4 is 0 Å². The predicted molar refractivity (Wildman–Crippen MR) is 376 cm³/mol.